The normalized spacial score (nSPS) is 16.8. The Labute approximate surface area is 164 Å². The van der Waals surface area contributed by atoms with Crippen molar-refractivity contribution in [2.24, 2.45) is 0 Å². The number of nitrogens with zero attached hydrogens (tertiary/aromatic N) is 6. The molecule has 0 saturated heterocycles. The minimum atomic E-state index is -4.44. The van der Waals surface area contributed by atoms with Crippen molar-refractivity contribution in [2.75, 3.05) is 0 Å². The SMILES string of the molecule is Cc1c(CN2C(=O)c3nnc(-c4cnccn4)n3CC2C)cccc1C(F)(F)F. The first-order valence-corrected chi connectivity index (χ1v) is 8.93. The average Bonchev–Trinajstić information content (AvgIpc) is 3.10. The predicted octanol–water partition coefficient (Wildman–Crippen LogP) is 3.11. The maximum atomic E-state index is 13.2. The molecule has 1 unspecified atom stereocenters. The smallest absolute Gasteiger partial charge is 0.327 e. The number of fused-ring (bicyclic) bond motifs is 1. The van der Waals surface area contributed by atoms with Gasteiger partial charge in [0, 0.05) is 31.5 Å². The predicted molar refractivity (Wildman–Crippen MR) is 96.6 cm³/mol. The number of hydrogen-bond acceptors (Lipinski definition) is 5. The Kier molecular flexibility index (Phi) is 4.56. The second-order valence-electron chi connectivity index (χ2n) is 6.92. The van der Waals surface area contributed by atoms with E-state index in [0.29, 0.717) is 23.6 Å². The highest BCUT2D eigenvalue weighted by Crippen LogP contribution is 2.34. The topological polar surface area (TPSA) is 76.8 Å². The number of hydrogen-bond donors (Lipinski definition) is 0. The van der Waals surface area contributed by atoms with Gasteiger partial charge in [-0.1, -0.05) is 12.1 Å². The third-order valence-corrected chi connectivity index (χ3v) is 5.07. The molecule has 0 aliphatic carbocycles. The summed E-state index contributed by atoms with van der Waals surface area (Å²) in [6, 6.07) is 3.74. The Morgan fingerprint density at radius 2 is 1.93 bits per heavy atom. The van der Waals surface area contributed by atoms with Crippen molar-refractivity contribution in [2.45, 2.75) is 39.2 Å². The van der Waals surface area contributed by atoms with Crippen molar-refractivity contribution >= 4 is 5.91 Å². The number of alkyl halides is 3. The van der Waals surface area contributed by atoms with Crippen molar-refractivity contribution in [3.63, 3.8) is 0 Å². The van der Waals surface area contributed by atoms with Crippen molar-refractivity contribution in [3.05, 3.63) is 59.3 Å². The van der Waals surface area contributed by atoms with E-state index in [9.17, 15) is 18.0 Å². The van der Waals surface area contributed by atoms with Gasteiger partial charge < -0.3 is 4.90 Å². The lowest BCUT2D eigenvalue weighted by Crippen LogP contribution is -2.46. The Morgan fingerprint density at radius 1 is 1.17 bits per heavy atom. The molecule has 1 amide bonds. The molecule has 1 atom stereocenters. The van der Waals surface area contributed by atoms with Crippen LogP contribution in [0.3, 0.4) is 0 Å². The Hall–Kier alpha value is -3.30. The van der Waals surface area contributed by atoms with Gasteiger partial charge in [-0.3, -0.25) is 14.3 Å². The van der Waals surface area contributed by atoms with E-state index in [1.165, 1.54) is 36.5 Å². The van der Waals surface area contributed by atoms with E-state index in [0.717, 1.165) is 6.07 Å². The summed E-state index contributed by atoms with van der Waals surface area (Å²) in [6.45, 7) is 3.72. The maximum absolute atomic E-state index is 13.2. The zero-order valence-electron chi connectivity index (χ0n) is 15.7. The number of aromatic nitrogens is 5. The number of halogens is 3. The molecular weight excluding hydrogens is 385 g/mol. The standard InChI is InChI=1S/C19H17F3N6O/c1-11-9-28-16(15-8-23-6-7-24-15)25-26-17(28)18(29)27(11)10-13-4-3-5-14(12(13)2)19(20,21)22/h3-8,11H,9-10H2,1-2H3. The Bertz CT molecular complexity index is 1060. The Morgan fingerprint density at radius 3 is 2.62 bits per heavy atom. The molecule has 3 aromatic rings. The highest BCUT2D eigenvalue weighted by molar-refractivity contribution is 5.92. The minimum absolute atomic E-state index is 0.0586. The molecule has 0 N–H and O–H groups in total. The van der Waals surface area contributed by atoms with Gasteiger partial charge in [0.25, 0.3) is 5.91 Å². The van der Waals surface area contributed by atoms with E-state index in [-0.39, 0.29) is 29.9 Å². The van der Waals surface area contributed by atoms with E-state index in [4.69, 9.17) is 0 Å². The summed E-state index contributed by atoms with van der Waals surface area (Å²) >= 11 is 0. The van der Waals surface area contributed by atoms with Gasteiger partial charge in [0.2, 0.25) is 5.82 Å². The molecule has 0 spiro atoms. The van der Waals surface area contributed by atoms with Gasteiger partial charge in [0.05, 0.1) is 11.8 Å². The van der Waals surface area contributed by atoms with Crippen LogP contribution in [0, 0.1) is 6.92 Å². The molecule has 150 valence electrons. The molecule has 7 nitrogen and oxygen atoms in total. The summed E-state index contributed by atoms with van der Waals surface area (Å²) in [5.74, 6) is 0.180. The first kappa shape index (κ1) is 19.0. The highest BCUT2D eigenvalue weighted by Gasteiger charge is 2.36. The lowest BCUT2D eigenvalue weighted by molar-refractivity contribution is -0.138. The van der Waals surface area contributed by atoms with Crippen LogP contribution in [0.2, 0.25) is 0 Å². The molecule has 3 heterocycles. The van der Waals surface area contributed by atoms with Gasteiger partial charge in [-0.25, -0.2) is 4.98 Å². The van der Waals surface area contributed by atoms with Crippen LogP contribution in [0.4, 0.5) is 13.2 Å². The quantitative estimate of drug-likeness (QED) is 0.673. The van der Waals surface area contributed by atoms with Crippen LogP contribution in [0.1, 0.15) is 34.2 Å². The third-order valence-electron chi connectivity index (χ3n) is 5.07. The molecule has 1 aliphatic rings. The summed E-state index contributed by atoms with van der Waals surface area (Å²) in [5.41, 5.74) is 0.364. The Balaban J connectivity index is 1.66. The molecule has 0 fully saturated rings. The fourth-order valence-electron chi connectivity index (χ4n) is 3.50. The number of carbonyl (C=O) groups excluding carboxylic acids is 1. The van der Waals surface area contributed by atoms with Gasteiger partial charge in [0.1, 0.15) is 5.69 Å². The second-order valence-corrected chi connectivity index (χ2v) is 6.92. The van der Waals surface area contributed by atoms with Gasteiger partial charge in [-0.05, 0) is 31.0 Å². The lowest BCUT2D eigenvalue weighted by Gasteiger charge is -2.34. The monoisotopic (exact) mass is 402 g/mol. The van der Waals surface area contributed by atoms with E-state index >= 15 is 0 Å². The average molecular weight is 402 g/mol. The van der Waals surface area contributed by atoms with Crippen molar-refractivity contribution in [1.29, 1.82) is 0 Å². The molecule has 2 aromatic heterocycles. The number of amides is 1. The van der Waals surface area contributed by atoms with Crippen molar-refractivity contribution < 1.29 is 18.0 Å². The van der Waals surface area contributed by atoms with Crippen LogP contribution >= 0.6 is 0 Å². The summed E-state index contributed by atoms with van der Waals surface area (Å²) < 4.78 is 41.3. The summed E-state index contributed by atoms with van der Waals surface area (Å²) in [5, 5.41) is 8.07. The first-order valence-electron chi connectivity index (χ1n) is 8.93. The van der Waals surface area contributed by atoms with Crippen LogP contribution in [0.5, 0.6) is 0 Å². The largest absolute Gasteiger partial charge is 0.416 e. The zero-order valence-corrected chi connectivity index (χ0v) is 15.7. The maximum Gasteiger partial charge on any atom is 0.416 e. The van der Waals surface area contributed by atoms with Crippen LogP contribution in [0.25, 0.3) is 11.5 Å². The summed E-state index contributed by atoms with van der Waals surface area (Å²) in [4.78, 5) is 22.7. The lowest BCUT2D eigenvalue weighted by atomic mass is 10.0. The van der Waals surface area contributed by atoms with Crippen LogP contribution in [0.15, 0.2) is 36.8 Å². The van der Waals surface area contributed by atoms with Crippen molar-refractivity contribution in [3.8, 4) is 11.5 Å². The van der Waals surface area contributed by atoms with E-state index in [1.54, 1.807) is 10.6 Å². The molecule has 0 saturated carbocycles. The van der Waals surface area contributed by atoms with Gasteiger partial charge >= 0.3 is 6.18 Å². The van der Waals surface area contributed by atoms with Crippen LogP contribution in [-0.4, -0.2) is 41.6 Å². The third kappa shape index (κ3) is 3.34. The zero-order chi connectivity index (χ0) is 20.8. The van der Waals surface area contributed by atoms with Crippen LogP contribution in [-0.2, 0) is 19.3 Å². The number of rotatable bonds is 3. The molecule has 0 bridgehead atoms. The number of carbonyl (C=O) groups is 1. The molecule has 29 heavy (non-hydrogen) atoms. The van der Waals surface area contributed by atoms with E-state index in [2.05, 4.69) is 20.2 Å². The molecule has 1 aliphatic heterocycles. The molecule has 0 radical (unpaired) electrons. The van der Waals surface area contributed by atoms with Crippen molar-refractivity contribution in [1.82, 2.24) is 29.6 Å². The summed E-state index contributed by atoms with van der Waals surface area (Å²) in [7, 11) is 0. The van der Waals surface area contributed by atoms with Gasteiger partial charge in [-0.15, -0.1) is 10.2 Å². The molecule has 10 heteroatoms. The van der Waals surface area contributed by atoms with E-state index < -0.39 is 11.7 Å². The molecule has 1 aromatic carbocycles. The van der Waals surface area contributed by atoms with Gasteiger partial charge in [-0.2, -0.15) is 13.2 Å². The number of benzene rings is 1. The molecular formula is C19H17F3N6O. The first-order chi connectivity index (χ1) is 13.8. The fraction of sp³-hybridized carbons (Fsp3) is 0.316. The van der Waals surface area contributed by atoms with E-state index in [1.807, 2.05) is 6.92 Å². The van der Waals surface area contributed by atoms with Crippen LogP contribution < -0.4 is 0 Å². The highest BCUT2D eigenvalue weighted by atomic mass is 19.4. The summed E-state index contributed by atoms with van der Waals surface area (Å²) in [6.07, 6.45) is 0.145. The second kappa shape index (κ2) is 6.94. The van der Waals surface area contributed by atoms with Gasteiger partial charge in [0.15, 0.2) is 5.82 Å². The molecule has 4 rings (SSSR count). The minimum Gasteiger partial charge on any atom is -0.327 e. The fourth-order valence-corrected chi connectivity index (χ4v) is 3.50.